The smallest absolute Gasteiger partial charge is 0.325 e. The van der Waals surface area contributed by atoms with Crippen molar-refractivity contribution >= 4 is 29.1 Å². The molecule has 0 radical (unpaired) electrons. The molecule has 2 amide bonds. The van der Waals surface area contributed by atoms with Gasteiger partial charge in [-0.05, 0) is 25.3 Å². The summed E-state index contributed by atoms with van der Waals surface area (Å²) in [5, 5.41) is 4.23. The molecule has 0 aromatic carbocycles. The first kappa shape index (κ1) is 17.4. The van der Waals surface area contributed by atoms with Crippen molar-refractivity contribution in [1.82, 2.24) is 10.2 Å². The third-order valence-corrected chi connectivity index (χ3v) is 4.14. The number of nitrogens with zero attached hydrogens (tertiary/aromatic N) is 1. The predicted molar refractivity (Wildman–Crippen MR) is 84.2 cm³/mol. The van der Waals surface area contributed by atoms with Crippen molar-refractivity contribution in [3.8, 4) is 0 Å². The molecular formula is C15H20N2O5S. The van der Waals surface area contributed by atoms with Gasteiger partial charge >= 0.3 is 5.97 Å². The molecule has 1 aliphatic rings. The van der Waals surface area contributed by atoms with Crippen molar-refractivity contribution in [1.29, 1.82) is 0 Å². The van der Waals surface area contributed by atoms with E-state index in [0.717, 1.165) is 0 Å². The molecule has 1 aromatic rings. The maximum atomic E-state index is 12.0. The van der Waals surface area contributed by atoms with Gasteiger partial charge in [0.25, 0.3) is 11.8 Å². The molecular weight excluding hydrogens is 320 g/mol. The highest BCUT2D eigenvalue weighted by Gasteiger charge is 2.26. The highest BCUT2D eigenvalue weighted by molar-refractivity contribution is 7.12. The maximum Gasteiger partial charge on any atom is 0.325 e. The van der Waals surface area contributed by atoms with Crippen LogP contribution in [0.25, 0.3) is 0 Å². The summed E-state index contributed by atoms with van der Waals surface area (Å²) in [5.74, 6) is -1.23. The Kier molecular flexibility index (Phi) is 6.12. The number of hydrogen-bond donors (Lipinski definition) is 1. The van der Waals surface area contributed by atoms with Crippen LogP contribution in [-0.4, -0.2) is 61.1 Å². The van der Waals surface area contributed by atoms with E-state index < -0.39 is 5.97 Å². The van der Waals surface area contributed by atoms with Gasteiger partial charge < -0.3 is 19.7 Å². The minimum absolute atomic E-state index is 0.0384. The van der Waals surface area contributed by atoms with Crippen LogP contribution >= 0.6 is 11.3 Å². The summed E-state index contributed by atoms with van der Waals surface area (Å²) in [4.78, 5) is 37.4. The number of esters is 1. The average molecular weight is 340 g/mol. The van der Waals surface area contributed by atoms with Crippen molar-refractivity contribution in [2.45, 2.75) is 26.1 Å². The molecule has 0 unspecified atom stereocenters. The van der Waals surface area contributed by atoms with E-state index in [1.54, 1.807) is 22.4 Å². The lowest BCUT2D eigenvalue weighted by molar-refractivity contribution is -0.156. The van der Waals surface area contributed by atoms with Crippen LogP contribution in [0.2, 0.25) is 0 Å². The Morgan fingerprint density at radius 2 is 2.04 bits per heavy atom. The van der Waals surface area contributed by atoms with E-state index in [9.17, 15) is 14.4 Å². The monoisotopic (exact) mass is 340 g/mol. The Morgan fingerprint density at radius 1 is 1.35 bits per heavy atom. The Labute approximate surface area is 138 Å². The zero-order valence-electron chi connectivity index (χ0n) is 13.1. The van der Waals surface area contributed by atoms with Gasteiger partial charge in [0, 0.05) is 13.1 Å². The van der Waals surface area contributed by atoms with Gasteiger partial charge in [-0.15, -0.1) is 11.3 Å². The van der Waals surface area contributed by atoms with Crippen molar-refractivity contribution in [2.75, 3.05) is 26.2 Å². The summed E-state index contributed by atoms with van der Waals surface area (Å²) in [7, 11) is 0. The number of rotatable bonds is 5. The number of ether oxygens (including phenoxy) is 2. The minimum atomic E-state index is -0.641. The van der Waals surface area contributed by atoms with E-state index in [4.69, 9.17) is 9.47 Å². The van der Waals surface area contributed by atoms with Gasteiger partial charge in [0.1, 0.15) is 6.54 Å². The number of nitrogens with one attached hydrogen (secondary N) is 1. The SMILES string of the molecule is C[C@@H]1CN(C(=O)COC(=O)CNC(=O)c2cccs2)C[C@H](C)O1. The zero-order chi connectivity index (χ0) is 16.8. The number of thiophene rings is 1. The summed E-state index contributed by atoms with van der Waals surface area (Å²) < 4.78 is 10.5. The summed E-state index contributed by atoms with van der Waals surface area (Å²) in [6.07, 6.45) is -0.0769. The van der Waals surface area contributed by atoms with Crippen molar-refractivity contribution in [3.63, 3.8) is 0 Å². The van der Waals surface area contributed by atoms with Crippen LogP contribution in [0.1, 0.15) is 23.5 Å². The molecule has 8 heteroatoms. The topological polar surface area (TPSA) is 84.9 Å². The van der Waals surface area contributed by atoms with Crippen molar-refractivity contribution in [2.24, 2.45) is 0 Å². The molecule has 7 nitrogen and oxygen atoms in total. The number of hydrogen-bond acceptors (Lipinski definition) is 6. The van der Waals surface area contributed by atoms with Crippen LogP contribution < -0.4 is 5.32 Å². The van der Waals surface area contributed by atoms with Gasteiger partial charge in [-0.2, -0.15) is 0 Å². The quantitative estimate of drug-likeness (QED) is 0.796. The molecule has 1 aromatic heterocycles. The number of carbonyl (C=O) groups excluding carboxylic acids is 3. The van der Waals surface area contributed by atoms with Gasteiger partial charge in [0.05, 0.1) is 17.1 Å². The fraction of sp³-hybridized carbons (Fsp3) is 0.533. The van der Waals surface area contributed by atoms with Gasteiger partial charge in [0.2, 0.25) is 0 Å². The molecule has 0 bridgehead atoms. The second-order valence-corrected chi connectivity index (χ2v) is 6.32. The van der Waals surface area contributed by atoms with Gasteiger partial charge in [-0.3, -0.25) is 14.4 Å². The van der Waals surface area contributed by atoms with E-state index in [0.29, 0.717) is 18.0 Å². The summed E-state index contributed by atoms with van der Waals surface area (Å²) in [6, 6.07) is 3.41. The third kappa shape index (κ3) is 5.33. The third-order valence-electron chi connectivity index (χ3n) is 3.27. The molecule has 1 saturated heterocycles. The average Bonchev–Trinajstić information content (AvgIpc) is 3.03. The van der Waals surface area contributed by atoms with E-state index in [1.807, 2.05) is 13.8 Å². The molecule has 126 valence electrons. The fourth-order valence-corrected chi connectivity index (χ4v) is 2.95. The van der Waals surface area contributed by atoms with Crippen LogP contribution in [0.5, 0.6) is 0 Å². The number of amides is 2. The van der Waals surface area contributed by atoms with Crippen LogP contribution in [-0.2, 0) is 19.1 Å². The Hall–Kier alpha value is -1.93. The first-order chi connectivity index (χ1) is 11.0. The van der Waals surface area contributed by atoms with E-state index in [2.05, 4.69) is 5.32 Å². The van der Waals surface area contributed by atoms with Gasteiger partial charge in [-0.1, -0.05) is 6.07 Å². The lowest BCUT2D eigenvalue weighted by Gasteiger charge is -2.35. The second-order valence-electron chi connectivity index (χ2n) is 5.38. The maximum absolute atomic E-state index is 12.0. The standard InChI is InChI=1S/C15H20N2O5S/c1-10-7-17(8-11(2)22-10)13(18)9-21-14(19)6-16-15(20)12-4-3-5-23-12/h3-5,10-11H,6-9H2,1-2H3,(H,16,20)/t10-,11+. The van der Waals surface area contributed by atoms with Crippen LogP contribution in [0.4, 0.5) is 0 Å². The van der Waals surface area contributed by atoms with Crippen LogP contribution in [0.15, 0.2) is 17.5 Å². The molecule has 2 rings (SSSR count). The number of carbonyl (C=O) groups is 3. The lowest BCUT2D eigenvalue weighted by atomic mass is 10.2. The molecule has 2 heterocycles. The molecule has 0 saturated carbocycles. The molecule has 0 aliphatic carbocycles. The fourth-order valence-electron chi connectivity index (χ4n) is 2.31. The summed E-state index contributed by atoms with van der Waals surface area (Å²) in [6.45, 7) is 4.16. The summed E-state index contributed by atoms with van der Waals surface area (Å²) in [5.41, 5.74) is 0. The molecule has 1 fully saturated rings. The van der Waals surface area contributed by atoms with Crippen LogP contribution in [0.3, 0.4) is 0 Å². The van der Waals surface area contributed by atoms with Gasteiger partial charge in [0.15, 0.2) is 6.61 Å². The van der Waals surface area contributed by atoms with E-state index in [-0.39, 0.29) is 37.2 Å². The first-order valence-electron chi connectivity index (χ1n) is 7.36. The zero-order valence-corrected chi connectivity index (χ0v) is 13.9. The molecule has 2 atom stereocenters. The highest BCUT2D eigenvalue weighted by Crippen LogP contribution is 2.11. The highest BCUT2D eigenvalue weighted by atomic mass is 32.1. The first-order valence-corrected chi connectivity index (χ1v) is 8.24. The molecule has 1 aliphatic heterocycles. The normalized spacial score (nSPS) is 20.9. The van der Waals surface area contributed by atoms with Crippen molar-refractivity contribution in [3.05, 3.63) is 22.4 Å². The van der Waals surface area contributed by atoms with E-state index in [1.165, 1.54) is 11.3 Å². The molecule has 0 spiro atoms. The Morgan fingerprint density at radius 3 is 2.65 bits per heavy atom. The van der Waals surface area contributed by atoms with E-state index >= 15 is 0 Å². The number of morpholine rings is 1. The van der Waals surface area contributed by atoms with Crippen LogP contribution in [0, 0.1) is 0 Å². The summed E-state index contributed by atoms with van der Waals surface area (Å²) >= 11 is 1.28. The second kappa shape index (κ2) is 8.07. The van der Waals surface area contributed by atoms with Crippen molar-refractivity contribution < 1.29 is 23.9 Å². The lowest BCUT2D eigenvalue weighted by Crippen LogP contribution is -2.49. The minimum Gasteiger partial charge on any atom is -0.454 e. The Balaban J connectivity index is 1.69. The predicted octanol–water partition coefficient (Wildman–Crippen LogP) is 0.657. The molecule has 1 N–H and O–H groups in total. The van der Waals surface area contributed by atoms with Gasteiger partial charge in [-0.25, -0.2) is 0 Å². The molecule has 23 heavy (non-hydrogen) atoms. The Bertz CT molecular complexity index is 550. The largest absolute Gasteiger partial charge is 0.454 e.